The highest BCUT2D eigenvalue weighted by atomic mass is 32.2. The molecule has 20 heavy (non-hydrogen) atoms. The van der Waals surface area contributed by atoms with Crippen molar-refractivity contribution in [1.82, 2.24) is 10.2 Å². The Bertz CT molecular complexity index is 413. The molecule has 1 fully saturated rings. The van der Waals surface area contributed by atoms with Crippen LogP contribution in [0.1, 0.15) is 43.7 Å². The van der Waals surface area contributed by atoms with Crippen LogP contribution in [0.15, 0.2) is 29.2 Å². The largest absolute Gasteiger partial charge is 0.309 e. The number of likely N-dealkylation sites (tertiary alicyclic amines) is 1. The molecule has 0 radical (unpaired) electrons. The zero-order valence-electron chi connectivity index (χ0n) is 12.3. The number of benzene rings is 1. The summed E-state index contributed by atoms with van der Waals surface area (Å²) in [5, 5.41) is 3.79. The number of nitrogens with one attached hydrogen (secondary N) is 1. The molecule has 0 spiro atoms. The van der Waals surface area contributed by atoms with Gasteiger partial charge in [0.25, 0.3) is 0 Å². The van der Waals surface area contributed by atoms with Crippen LogP contribution < -0.4 is 5.32 Å². The van der Waals surface area contributed by atoms with Crippen LogP contribution in [0.25, 0.3) is 0 Å². The van der Waals surface area contributed by atoms with E-state index in [0.29, 0.717) is 6.04 Å². The second kappa shape index (κ2) is 7.48. The lowest BCUT2D eigenvalue weighted by atomic mass is 10.0. The highest BCUT2D eigenvalue weighted by molar-refractivity contribution is 7.99. The van der Waals surface area contributed by atoms with E-state index < -0.39 is 0 Å². The van der Waals surface area contributed by atoms with Crippen molar-refractivity contribution in [1.29, 1.82) is 0 Å². The molecule has 1 unspecified atom stereocenters. The molecule has 110 valence electrons. The molecule has 2 aliphatic heterocycles. The zero-order valence-corrected chi connectivity index (χ0v) is 13.1. The number of fused-ring (bicyclic) bond motifs is 1. The van der Waals surface area contributed by atoms with Crippen molar-refractivity contribution in [3.05, 3.63) is 29.8 Å². The maximum atomic E-state index is 3.79. The van der Waals surface area contributed by atoms with Gasteiger partial charge in [-0.15, -0.1) is 11.8 Å². The summed E-state index contributed by atoms with van der Waals surface area (Å²) in [5.74, 6) is 1.25. The molecule has 3 heteroatoms. The van der Waals surface area contributed by atoms with E-state index in [9.17, 15) is 0 Å². The maximum Gasteiger partial charge on any atom is 0.0339 e. The molecule has 2 nitrogen and oxygen atoms in total. The van der Waals surface area contributed by atoms with Crippen LogP contribution in [0.3, 0.4) is 0 Å². The van der Waals surface area contributed by atoms with Crippen molar-refractivity contribution < 1.29 is 0 Å². The summed E-state index contributed by atoms with van der Waals surface area (Å²) in [6.45, 7) is 4.95. The smallest absolute Gasteiger partial charge is 0.0339 e. The predicted octanol–water partition coefficient (Wildman–Crippen LogP) is 3.69. The molecule has 0 bridgehead atoms. The minimum atomic E-state index is 0.569. The lowest BCUT2D eigenvalue weighted by molar-refractivity contribution is 0.278. The molecular weight excluding hydrogens is 264 g/mol. The third-order valence-corrected chi connectivity index (χ3v) is 5.60. The summed E-state index contributed by atoms with van der Waals surface area (Å²) in [5.41, 5.74) is 1.51. The lowest BCUT2D eigenvalue weighted by Gasteiger charge is -2.27. The van der Waals surface area contributed by atoms with Crippen LogP contribution in [0.4, 0.5) is 0 Å². The predicted molar refractivity (Wildman–Crippen MR) is 87.4 cm³/mol. The second-order valence-electron chi connectivity index (χ2n) is 5.94. The molecule has 1 N–H and O–H groups in total. The molecule has 2 aliphatic rings. The van der Waals surface area contributed by atoms with Gasteiger partial charge in [-0.1, -0.05) is 31.0 Å². The minimum absolute atomic E-state index is 0.569. The molecule has 0 saturated carbocycles. The first kappa shape index (κ1) is 14.4. The van der Waals surface area contributed by atoms with Crippen molar-refractivity contribution in [2.24, 2.45) is 0 Å². The van der Waals surface area contributed by atoms with Gasteiger partial charge in [-0.25, -0.2) is 0 Å². The van der Waals surface area contributed by atoms with Crippen molar-refractivity contribution in [3.63, 3.8) is 0 Å². The average Bonchev–Trinajstić information content (AvgIpc) is 2.76. The van der Waals surface area contributed by atoms with Crippen molar-refractivity contribution in [2.45, 2.75) is 43.0 Å². The van der Waals surface area contributed by atoms with Gasteiger partial charge in [0.2, 0.25) is 0 Å². The van der Waals surface area contributed by atoms with Crippen molar-refractivity contribution in [3.8, 4) is 0 Å². The Morgan fingerprint density at radius 2 is 1.90 bits per heavy atom. The van der Waals surface area contributed by atoms with Crippen LogP contribution >= 0.6 is 11.8 Å². The lowest BCUT2D eigenvalue weighted by Crippen LogP contribution is -2.35. The zero-order chi connectivity index (χ0) is 13.6. The molecule has 1 atom stereocenters. The second-order valence-corrected chi connectivity index (χ2v) is 7.07. The highest BCUT2D eigenvalue weighted by Crippen LogP contribution is 2.35. The minimum Gasteiger partial charge on any atom is -0.309 e. The Hall–Kier alpha value is -0.510. The van der Waals surface area contributed by atoms with E-state index in [0.717, 1.165) is 6.54 Å². The molecule has 3 rings (SSSR count). The SMILES string of the molecule is c1ccc2c(c1)SCCC2NCCN1CCCCCC1. The van der Waals surface area contributed by atoms with Crippen LogP contribution in [-0.2, 0) is 0 Å². The van der Waals surface area contributed by atoms with Gasteiger partial charge in [0, 0.05) is 24.0 Å². The van der Waals surface area contributed by atoms with E-state index >= 15 is 0 Å². The molecular formula is C17H26N2S. The molecule has 2 heterocycles. The number of rotatable bonds is 4. The number of hydrogen-bond donors (Lipinski definition) is 1. The molecule has 0 aliphatic carbocycles. The van der Waals surface area contributed by atoms with Gasteiger partial charge in [-0.3, -0.25) is 0 Å². The van der Waals surface area contributed by atoms with Gasteiger partial charge >= 0.3 is 0 Å². The summed E-state index contributed by atoms with van der Waals surface area (Å²) in [6, 6.07) is 9.47. The highest BCUT2D eigenvalue weighted by Gasteiger charge is 2.19. The first-order valence-electron chi connectivity index (χ1n) is 8.11. The molecule has 0 aromatic heterocycles. The fourth-order valence-corrected chi connectivity index (χ4v) is 4.44. The van der Waals surface area contributed by atoms with Crippen molar-refractivity contribution in [2.75, 3.05) is 31.9 Å². The molecule has 1 aromatic carbocycles. The fraction of sp³-hybridized carbons (Fsp3) is 0.647. The number of nitrogens with zero attached hydrogens (tertiary/aromatic N) is 1. The molecule has 1 saturated heterocycles. The Morgan fingerprint density at radius 1 is 1.10 bits per heavy atom. The summed E-state index contributed by atoms with van der Waals surface area (Å²) >= 11 is 2.01. The first-order valence-corrected chi connectivity index (χ1v) is 9.09. The summed E-state index contributed by atoms with van der Waals surface area (Å²) < 4.78 is 0. The standard InChI is InChI=1S/C17H26N2S/c1-2-6-12-19(11-5-1)13-10-18-16-9-14-20-17-8-4-3-7-15(16)17/h3-4,7-8,16,18H,1-2,5-6,9-14H2. The van der Waals surface area contributed by atoms with Gasteiger partial charge in [-0.2, -0.15) is 0 Å². The van der Waals surface area contributed by atoms with E-state index in [1.165, 1.54) is 68.0 Å². The Morgan fingerprint density at radius 3 is 2.75 bits per heavy atom. The van der Waals surface area contributed by atoms with E-state index in [4.69, 9.17) is 0 Å². The van der Waals surface area contributed by atoms with Crippen LogP contribution in [0.5, 0.6) is 0 Å². The van der Waals surface area contributed by atoms with E-state index in [1.54, 1.807) is 0 Å². The van der Waals surface area contributed by atoms with E-state index in [1.807, 2.05) is 11.8 Å². The first-order chi connectivity index (χ1) is 9.93. The quantitative estimate of drug-likeness (QED) is 0.910. The summed E-state index contributed by atoms with van der Waals surface area (Å²) in [6.07, 6.45) is 6.90. The number of hydrogen-bond acceptors (Lipinski definition) is 3. The van der Waals surface area contributed by atoms with Gasteiger partial charge in [-0.05, 0) is 49.7 Å². The Balaban J connectivity index is 1.49. The Labute approximate surface area is 127 Å². The normalized spacial score (nSPS) is 24.1. The maximum absolute atomic E-state index is 3.79. The summed E-state index contributed by atoms with van der Waals surface area (Å²) in [4.78, 5) is 4.12. The van der Waals surface area contributed by atoms with Crippen LogP contribution in [0.2, 0.25) is 0 Å². The van der Waals surface area contributed by atoms with E-state index in [2.05, 4.69) is 34.5 Å². The third-order valence-electron chi connectivity index (χ3n) is 4.48. The topological polar surface area (TPSA) is 15.3 Å². The monoisotopic (exact) mass is 290 g/mol. The van der Waals surface area contributed by atoms with Gasteiger partial charge in [0.15, 0.2) is 0 Å². The van der Waals surface area contributed by atoms with Crippen molar-refractivity contribution >= 4 is 11.8 Å². The van der Waals surface area contributed by atoms with Gasteiger partial charge < -0.3 is 10.2 Å². The number of thioether (sulfide) groups is 1. The fourth-order valence-electron chi connectivity index (χ4n) is 3.31. The van der Waals surface area contributed by atoms with Gasteiger partial charge in [0.05, 0.1) is 0 Å². The third kappa shape index (κ3) is 3.78. The Kier molecular flexibility index (Phi) is 5.40. The van der Waals surface area contributed by atoms with Crippen LogP contribution in [0, 0.1) is 0 Å². The molecule has 0 amide bonds. The average molecular weight is 290 g/mol. The molecule has 1 aromatic rings. The summed E-state index contributed by atoms with van der Waals surface area (Å²) in [7, 11) is 0. The van der Waals surface area contributed by atoms with E-state index in [-0.39, 0.29) is 0 Å². The van der Waals surface area contributed by atoms with Gasteiger partial charge in [0.1, 0.15) is 0 Å². The van der Waals surface area contributed by atoms with Crippen LogP contribution in [-0.4, -0.2) is 36.8 Å².